The summed E-state index contributed by atoms with van der Waals surface area (Å²) in [4.78, 5) is 27.3. The van der Waals surface area contributed by atoms with Crippen molar-refractivity contribution in [2.75, 3.05) is 32.0 Å². The fourth-order valence-electron chi connectivity index (χ4n) is 2.42. The smallest absolute Gasteiger partial charge is 0.335 e. The van der Waals surface area contributed by atoms with Gasteiger partial charge in [0.1, 0.15) is 0 Å². The number of urea groups is 1. The number of nitrogens with zero attached hydrogens (tertiary/aromatic N) is 2. The lowest BCUT2D eigenvalue weighted by Crippen LogP contribution is -2.53. The minimum Gasteiger partial charge on any atom is -0.478 e. The second-order valence-electron chi connectivity index (χ2n) is 5.27. The van der Waals surface area contributed by atoms with E-state index in [1.54, 1.807) is 11.0 Å². The van der Waals surface area contributed by atoms with Crippen LogP contribution in [-0.4, -0.2) is 59.6 Å². The molecule has 1 fully saturated rings. The molecule has 1 aliphatic rings. The van der Waals surface area contributed by atoms with Gasteiger partial charge in [-0.1, -0.05) is 15.9 Å². The molecule has 1 saturated heterocycles. The van der Waals surface area contributed by atoms with E-state index < -0.39 is 5.97 Å². The van der Waals surface area contributed by atoms with Gasteiger partial charge in [0.15, 0.2) is 0 Å². The maximum Gasteiger partial charge on any atom is 0.335 e. The number of likely N-dealkylation sites (N-methyl/N-ethyl adjacent to an activating group) is 1. The van der Waals surface area contributed by atoms with Crippen molar-refractivity contribution in [1.82, 2.24) is 9.80 Å². The zero-order valence-corrected chi connectivity index (χ0v) is 13.6. The van der Waals surface area contributed by atoms with Gasteiger partial charge in [0.2, 0.25) is 0 Å². The van der Waals surface area contributed by atoms with Crippen molar-refractivity contribution in [2.24, 2.45) is 0 Å². The average Bonchev–Trinajstić information content (AvgIpc) is 2.37. The quantitative estimate of drug-likeness (QED) is 0.853. The van der Waals surface area contributed by atoms with Gasteiger partial charge in [-0.15, -0.1) is 0 Å². The number of amides is 2. The highest BCUT2D eigenvalue weighted by Crippen LogP contribution is 2.21. The van der Waals surface area contributed by atoms with Crippen LogP contribution in [0.3, 0.4) is 0 Å². The van der Waals surface area contributed by atoms with E-state index in [4.69, 9.17) is 5.11 Å². The van der Waals surface area contributed by atoms with E-state index in [0.717, 1.165) is 13.1 Å². The number of carboxylic acid groups (broad SMARTS) is 1. The molecule has 2 rings (SSSR count). The molecule has 114 valence electrons. The van der Waals surface area contributed by atoms with Crippen LogP contribution in [-0.2, 0) is 0 Å². The van der Waals surface area contributed by atoms with Crippen molar-refractivity contribution in [3.8, 4) is 0 Å². The summed E-state index contributed by atoms with van der Waals surface area (Å²) in [5.41, 5.74) is 0.601. The first-order valence-corrected chi connectivity index (χ1v) is 7.46. The monoisotopic (exact) mass is 355 g/mol. The highest BCUT2D eigenvalue weighted by molar-refractivity contribution is 9.10. The summed E-state index contributed by atoms with van der Waals surface area (Å²) < 4.78 is 0.615. The molecule has 1 unspecified atom stereocenters. The zero-order valence-electron chi connectivity index (χ0n) is 12.0. The highest BCUT2D eigenvalue weighted by Gasteiger charge is 2.25. The van der Waals surface area contributed by atoms with Crippen molar-refractivity contribution < 1.29 is 14.7 Å². The van der Waals surface area contributed by atoms with Gasteiger partial charge in [0, 0.05) is 35.8 Å². The van der Waals surface area contributed by atoms with Crippen LogP contribution in [0.1, 0.15) is 17.3 Å². The molecular weight excluding hydrogens is 338 g/mol. The first-order chi connectivity index (χ1) is 9.86. The largest absolute Gasteiger partial charge is 0.478 e. The van der Waals surface area contributed by atoms with Gasteiger partial charge in [0.25, 0.3) is 0 Å². The zero-order chi connectivity index (χ0) is 15.6. The van der Waals surface area contributed by atoms with E-state index in [-0.39, 0.29) is 17.6 Å². The van der Waals surface area contributed by atoms with Crippen LogP contribution >= 0.6 is 15.9 Å². The van der Waals surface area contributed by atoms with Crippen molar-refractivity contribution >= 4 is 33.6 Å². The van der Waals surface area contributed by atoms with Crippen molar-refractivity contribution in [1.29, 1.82) is 0 Å². The van der Waals surface area contributed by atoms with E-state index >= 15 is 0 Å². The minimum atomic E-state index is -1.03. The number of anilines is 1. The molecule has 1 aromatic carbocycles. The third-order valence-electron chi connectivity index (χ3n) is 3.49. The van der Waals surface area contributed by atoms with Crippen LogP contribution in [0.4, 0.5) is 10.5 Å². The summed E-state index contributed by atoms with van der Waals surface area (Å²) in [5.74, 6) is -1.03. The van der Waals surface area contributed by atoms with Gasteiger partial charge in [-0.2, -0.15) is 0 Å². The van der Waals surface area contributed by atoms with E-state index in [9.17, 15) is 9.59 Å². The molecule has 0 aromatic heterocycles. The topological polar surface area (TPSA) is 72.9 Å². The van der Waals surface area contributed by atoms with Crippen LogP contribution in [0.5, 0.6) is 0 Å². The Bertz CT molecular complexity index is 564. The van der Waals surface area contributed by atoms with Gasteiger partial charge in [-0.3, -0.25) is 0 Å². The fraction of sp³-hybridized carbons (Fsp3) is 0.429. The fourth-order valence-corrected chi connectivity index (χ4v) is 2.92. The summed E-state index contributed by atoms with van der Waals surface area (Å²) >= 11 is 3.25. The SMILES string of the molecule is CC1CN(C)CCN1C(=O)Nc1cc(Br)cc(C(=O)O)c1. The molecule has 2 N–H and O–H groups in total. The molecule has 0 radical (unpaired) electrons. The first-order valence-electron chi connectivity index (χ1n) is 6.67. The summed E-state index contributed by atoms with van der Waals surface area (Å²) in [6.07, 6.45) is 0. The second kappa shape index (κ2) is 6.44. The Balaban J connectivity index is 2.11. The molecule has 2 amide bonds. The predicted molar refractivity (Wildman–Crippen MR) is 83.8 cm³/mol. The van der Waals surface area contributed by atoms with E-state index in [0.29, 0.717) is 16.7 Å². The van der Waals surface area contributed by atoms with Crippen LogP contribution in [0.15, 0.2) is 22.7 Å². The molecule has 1 heterocycles. The molecule has 1 aromatic rings. The number of nitrogens with one attached hydrogen (secondary N) is 1. The van der Waals surface area contributed by atoms with Crippen LogP contribution in [0.25, 0.3) is 0 Å². The minimum absolute atomic E-state index is 0.120. The lowest BCUT2D eigenvalue weighted by Gasteiger charge is -2.38. The number of hydrogen-bond donors (Lipinski definition) is 2. The number of carboxylic acids is 1. The third kappa shape index (κ3) is 3.95. The average molecular weight is 356 g/mol. The first kappa shape index (κ1) is 15.8. The lowest BCUT2D eigenvalue weighted by atomic mass is 10.2. The lowest BCUT2D eigenvalue weighted by molar-refractivity contribution is 0.0696. The third-order valence-corrected chi connectivity index (χ3v) is 3.95. The van der Waals surface area contributed by atoms with Crippen molar-refractivity contribution in [2.45, 2.75) is 13.0 Å². The molecular formula is C14H18BrN3O3. The maximum absolute atomic E-state index is 12.3. The standard InChI is InChI=1S/C14H18BrN3O3/c1-9-8-17(2)3-4-18(9)14(21)16-12-6-10(13(19)20)5-11(15)7-12/h5-7,9H,3-4,8H2,1-2H3,(H,16,21)(H,19,20). The van der Waals surface area contributed by atoms with Gasteiger partial charge >= 0.3 is 12.0 Å². The Morgan fingerprint density at radius 1 is 1.33 bits per heavy atom. The Hall–Kier alpha value is -1.60. The molecule has 21 heavy (non-hydrogen) atoms. The summed E-state index contributed by atoms with van der Waals surface area (Å²) in [7, 11) is 2.03. The van der Waals surface area contributed by atoms with Crippen LogP contribution < -0.4 is 5.32 Å². The number of hydrogen-bond acceptors (Lipinski definition) is 3. The summed E-state index contributed by atoms with van der Waals surface area (Å²) in [6, 6.07) is 4.55. The molecule has 0 saturated carbocycles. The number of aromatic carboxylic acids is 1. The molecule has 1 aliphatic heterocycles. The van der Waals surface area contributed by atoms with Crippen LogP contribution in [0.2, 0.25) is 0 Å². The predicted octanol–water partition coefficient (Wildman–Crippen LogP) is 2.32. The van der Waals surface area contributed by atoms with Crippen molar-refractivity contribution in [3.05, 3.63) is 28.2 Å². The van der Waals surface area contributed by atoms with Gasteiger partial charge in [-0.05, 0) is 32.2 Å². The Morgan fingerprint density at radius 2 is 2.05 bits per heavy atom. The summed E-state index contributed by atoms with van der Waals surface area (Å²) in [5, 5.41) is 11.8. The molecule has 0 bridgehead atoms. The summed E-state index contributed by atoms with van der Waals surface area (Å²) in [6.45, 7) is 4.31. The highest BCUT2D eigenvalue weighted by atomic mass is 79.9. The van der Waals surface area contributed by atoms with Crippen molar-refractivity contribution in [3.63, 3.8) is 0 Å². The molecule has 6 nitrogen and oxygen atoms in total. The Labute approximate surface area is 131 Å². The number of rotatable bonds is 2. The number of carbonyl (C=O) groups excluding carboxylic acids is 1. The Morgan fingerprint density at radius 3 is 2.67 bits per heavy atom. The van der Waals surface area contributed by atoms with E-state index in [2.05, 4.69) is 26.1 Å². The number of benzene rings is 1. The van der Waals surface area contributed by atoms with Crippen LogP contribution in [0, 0.1) is 0 Å². The number of carbonyl (C=O) groups is 2. The molecule has 0 spiro atoms. The maximum atomic E-state index is 12.3. The number of piperazine rings is 1. The van der Waals surface area contributed by atoms with Gasteiger partial charge in [-0.25, -0.2) is 9.59 Å². The normalized spacial score (nSPS) is 19.4. The Kier molecular flexibility index (Phi) is 4.84. The van der Waals surface area contributed by atoms with E-state index in [1.165, 1.54) is 12.1 Å². The molecule has 1 atom stereocenters. The molecule has 7 heteroatoms. The number of halogens is 1. The molecule has 0 aliphatic carbocycles. The van der Waals surface area contributed by atoms with Gasteiger partial charge < -0.3 is 20.2 Å². The van der Waals surface area contributed by atoms with E-state index in [1.807, 2.05) is 14.0 Å². The second-order valence-corrected chi connectivity index (χ2v) is 6.18. The van der Waals surface area contributed by atoms with Gasteiger partial charge in [0.05, 0.1) is 5.56 Å².